The summed E-state index contributed by atoms with van der Waals surface area (Å²) in [4.78, 5) is 11.7. The minimum atomic E-state index is -0.526. The van der Waals surface area contributed by atoms with Crippen molar-refractivity contribution in [2.75, 3.05) is 26.9 Å². The van der Waals surface area contributed by atoms with Gasteiger partial charge in [0.25, 0.3) is 5.91 Å². The predicted octanol–water partition coefficient (Wildman–Crippen LogP) is 1.99. The first-order chi connectivity index (χ1) is 8.69. The van der Waals surface area contributed by atoms with Crippen molar-refractivity contribution in [3.63, 3.8) is 0 Å². The van der Waals surface area contributed by atoms with Gasteiger partial charge in [-0.15, -0.1) is 0 Å². The Balaban J connectivity index is 2.55. The van der Waals surface area contributed by atoms with E-state index < -0.39 is 5.82 Å². The largest absolute Gasteiger partial charge is 0.491 e. The standard InChI is InChI=1S/C13H18FNO3/c1-3-18-12-6-5-10(9-11(12)14)13(16)15-7-4-8-17-2/h5-6,9H,3-4,7-8H2,1-2H3,(H,15,16). The van der Waals surface area contributed by atoms with Crippen LogP contribution in [0.2, 0.25) is 0 Å². The third-order valence-corrected chi connectivity index (χ3v) is 2.30. The molecule has 0 saturated carbocycles. The van der Waals surface area contributed by atoms with E-state index in [0.29, 0.717) is 19.8 Å². The molecule has 4 nitrogen and oxygen atoms in total. The third-order valence-electron chi connectivity index (χ3n) is 2.30. The highest BCUT2D eigenvalue weighted by Gasteiger charge is 2.09. The summed E-state index contributed by atoms with van der Waals surface area (Å²) in [5.74, 6) is -0.664. The fourth-order valence-electron chi connectivity index (χ4n) is 1.44. The topological polar surface area (TPSA) is 47.6 Å². The molecule has 1 aromatic carbocycles. The molecule has 18 heavy (non-hydrogen) atoms. The SMILES string of the molecule is CCOc1ccc(C(=O)NCCCOC)cc1F. The number of rotatable bonds is 7. The molecule has 0 spiro atoms. The molecule has 100 valence electrons. The number of halogens is 1. The average Bonchev–Trinajstić information content (AvgIpc) is 2.37. The van der Waals surface area contributed by atoms with Crippen LogP contribution in [-0.4, -0.2) is 32.8 Å². The molecule has 0 atom stereocenters. The molecule has 1 aromatic rings. The van der Waals surface area contributed by atoms with Crippen LogP contribution in [0.1, 0.15) is 23.7 Å². The number of hydrogen-bond acceptors (Lipinski definition) is 3. The van der Waals surface area contributed by atoms with Gasteiger partial charge in [-0.1, -0.05) is 0 Å². The molecule has 5 heteroatoms. The van der Waals surface area contributed by atoms with Crippen LogP contribution in [0, 0.1) is 5.82 Å². The van der Waals surface area contributed by atoms with Crippen LogP contribution in [-0.2, 0) is 4.74 Å². The van der Waals surface area contributed by atoms with E-state index in [2.05, 4.69) is 5.32 Å². The Morgan fingerprint density at radius 1 is 1.44 bits per heavy atom. The highest BCUT2D eigenvalue weighted by molar-refractivity contribution is 5.94. The lowest BCUT2D eigenvalue weighted by Crippen LogP contribution is -2.25. The molecule has 0 fully saturated rings. The number of amides is 1. The zero-order chi connectivity index (χ0) is 13.4. The summed E-state index contributed by atoms with van der Waals surface area (Å²) in [6, 6.07) is 4.18. The fraction of sp³-hybridized carbons (Fsp3) is 0.462. The number of benzene rings is 1. The highest BCUT2D eigenvalue weighted by Crippen LogP contribution is 2.18. The van der Waals surface area contributed by atoms with Crippen LogP contribution >= 0.6 is 0 Å². The molecular formula is C13H18FNO3. The first-order valence-electron chi connectivity index (χ1n) is 5.88. The predicted molar refractivity (Wildman–Crippen MR) is 66.4 cm³/mol. The summed E-state index contributed by atoms with van der Waals surface area (Å²) in [5.41, 5.74) is 0.286. The summed E-state index contributed by atoms with van der Waals surface area (Å²) >= 11 is 0. The lowest BCUT2D eigenvalue weighted by molar-refractivity contribution is 0.0948. The summed E-state index contributed by atoms with van der Waals surface area (Å²) in [7, 11) is 1.60. The van der Waals surface area contributed by atoms with E-state index >= 15 is 0 Å². The quantitative estimate of drug-likeness (QED) is 0.758. The van der Waals surface area contributed by atoms with Gasteiger partial charge in [-0.2, -0.15) is 0 Å². The molecule has 0 radical (unpaired) electrons. The number of nitrogens with one attached hydrogen (secondary N) is 1. The van der Waals surface area contributed by atoms with Crippen molar-refractivity contribution < 1.29 is 18.7 Å². The Morgan fingerprint density at radius 3 is 2.83 bits per heavy atom. The van der Waals surface area contributed by atoms with E-state index in [1.165, 1.54) is 12.1 Å². The molecule has 0 saturated heterocycles. The van der Waals surface area contributed by atoms with Crippen molar-refractivity contribution in [1.29, 1.82) is 0 Å². The van der Waals surface area contributed by atoms with Crippen LogP contribution in [0.3, 0.4) is 0 Å². The van der Waals surface area contributed by atoms with E-state index in [1.54, 1.807) is 20.1 Å². The van der Waals surface area contributed by atoms with Gasteiger partial charge in [0, 0.05) is 25.8 Å². The van der Waals surface area contributed by atoms with Gasteiger partial charge in [-0.25, -0.2) is 4.39 Å². The first kappa shape index (κ1) is 14.4. The molecule has 0 aromatic heterocycles. The molecule has 1 rings (SSSR count). The van der Waals surface area contributed by atoms with Crippen LogP contribution in [0.15, 0.2) is 18.2 Å². The molecule has 1 N–H and O–H groups in total. The maximum atomic E-state index is 13.5. The zero-order valence-corrected chi connectivity index (χ0v) is 10.7. The number of ether oxygens (including phenoxy) is 2. The van der Waals surface area contributed by atoms with E-state index in [9.17, 15) is 9.18 Å². The molecule has 0 aliphatic carbocycles. The van der Waals surface area contributed by atoms with Crippen LogP contribution < -0.4 is 10.1 Å². The van der Waals surface area contributed by atoms with E-state index in [1.807, 2.05) is 0 Å². The smallest absolute Gasteiger partial charge is 0.251 e. The third kappa shape index (κ3) is 4.33. The number of hydrogen-bond donors (Lipinski definition) is 1. The van der Waals surface area contributed by atoms with Crippen molar-refractivity contribution in [3.05, 3.63) is 29.6 Å². The van der Waals surface area contributed by atoms with Crippen molar-refractivity contribution >= 4 is 5.91 Å². The maximum Gasteiger partial charge on any atom is 0.251 e. The Kier molecular flexibility index (Phi) is 6.14. The van der Waals surface area contributed by atoms with Gasteiger partial charge in [0.05, 0.1) is 6.61 Å². The second-order valence-corrected chi connectivity index (χ2v) is 3.68. The zero-order valence-electron chi connectivity index (χ0n) is 10.7. The lowest BCUT2D eigenvalue weighted by Gasteiger charge is -2.07. The van der Waals surface area contributed by atoms with E-state index in [4.69, 9.17) is 9.47 Å². The van der Waals surface area contributed by atoms with Gasteiger partial charge in [-0.05, 0) is 31.5 Å². The number of carbonyl (C=O) groups excluding carboxylic acids is 1. The molecular weight excluding hydrogens is 237 g/mol. The van der Waals surface area contributed by atoms with Crippen molar-refractivity contribution in [1.82, 2.24) is 5.32 Å². The Bertz CT molecular complexity index is 396. The van der Waals surface area contributed by atoms with Gasteiger partial charge in [-0.3, -0.25) is 4.79 Å². The Morgan fingerprint density at radius 2 is 2.22 bits per heavy atom. The van der Waals surface area contributed by atoms with Gasteiger partial charge in [0.1, 0.15) is 0 Å². The Hall–Kier alpha value is -1.62. The second kappa shape index (κ2) is 7.66. The van der Waals surface area contributed by atoms with Gasteiger partial charge in [0.15, 0.2) is 11.6 Å². The number of carbonyl (C=O) groups is 1. The normalized spacial score (nSPS) is 10.2. The van der Waals surface area contributed by atoms with Crippen molar-refractivity contribution in [2.45, 2.75) is 13.3 Å². The van der Waals surface area contributed by atoms with Gasteiger partial charge >= 0.3 is 0 Å². The molecule has 0 heterocycles. The Labute approximate surface area is 106 Å². The summed E-state index contributed by atoms with van der Waals surface area (Å²) in [5, 5.41) is 2.69. The molecule has 0 aliphatic heterocycles. The molecule has 0 aliphatic rings. The van der Waals surface area contributed by atoms with Crippen molar-refractivity contribution in [2.24, 2.45) is 0 Å². The van der Waals surface area contributed by atoms with Crippen molar-refractivity contribution in [3.8, 4) is 5.75 Å². The van der Waals surface area contributed by atoms with E-state index in [0.717, 1.165) is 6.42 Å². The molecule has 0 unspecified atom stereocenters. The second-order valence-electron chi connectivity index (χ2n) is 3.68. The minimum absolute atomic E-state index is 0.161. The highest BCUT2D eigenvalue weighted by atomic mass is 19.1. The van der Waals surface area contributed by atoms with Crippen LogP contribution in [0.25, 0.3) is 0 Å². The van der Waals surface area contributed by atoms with Gasteiger partial charge in [0.2, 0.25) is 0 Å². The van der Waals surface area contributed by atoms with Gasteiger partial charge < -0.3 is 14.8 Å². The minimum Gasteiger partial charge on any atom is -0.491 e. The van der Waals surface area contributed by atoms with E-state index in [-0.39, 0.29) is 17.2 Å². The number of methoxy groups -OCH3 is 1. The monoisotopic (exact) mass is 255 g/mol. The summed E-state index contributed by atoms with van der Waals surface area (Å²) < 4.78 is 23.4. The molecule has 1 amide bonds. The lowest BCUT2D eigenvalue weighted by atomic mass is 10.2. The average molecular weight is 255 g/mol. The molecule has 0 bridgehead atoms. The summed E-state index contributed by atoms with van der Waals surface area (Å²) in [6.07, 6.45) is 0.724. The van der Waals surface area contributed by atoms with Crippen LogP contribution in [0.4, 0.5) is 4.39 Å². The summed E-state index contributed by atoms with van der Waals surface area (Å²) in [6.45, 7) is 3.24. The fourth-order valence-corrected chi connectivity index (χ4v) is 1.44. The van der Waals surface area contributed by atoms with Crippen LogP contribution in [0.5, 0.6) is 5.75 Å². The first-order valence-corrected chi connectivity index (χ1v) is 5.88. The maximum absolute atomic E-state index is 13.5.